The van der Waals surface area contributed by atoms with Crippen molar-refractivity contribution in [2.24, 2.45) is 0 Å². The lowest BCUT2D eigenvalue weighted by Gasteiger charge is -2.07. The van der Waals surface area contributed by atoms with Crippen LogP contribution in [0.3, 0.4) is 0 Å². The first-order valence-electron chi connectivity index (χ1n) is 4.70. The van der Waals surface area contributed by atoms with Crippen LogP contribution in [0.5, 0.6) is 0 Å². The number of alkyl halides is 3. The predicted octanol–water partition coefficient (Wildman–Crippen LogP) is 3.55. The molecule has 0 unspecified atom stereocenters. The van der Waals surface area contributed by atoms with Gasteiger partial charge in [0.05, 0.1) is 17.8 Å². The van der Waals surface area contributed by atoms with E-state index in [0.717, 1.165) is 0 Å². The van der Waals surface area contributed by atoms with E-state index in [-0.39, 0.29) is 11.6 Å². The molecule has 0 amide bonds. The van der Waals surface area contributed by atoms with Gasteiger partial charge in [0.15, 0.2) is 0 Å². The van der Waals surface area contributed by atoms with Crippen molar-refractivity contribution in [1.29, 1.82) is 0 Å². The van der Waals surface area contributed by atoms with Crippen LogP contribution in [0.4, 0.5) is 8.78 Å². The Labute approximate surface area is 96.5 Å². The average Bonchev–Trinajstić information content (AvgIpc) is 2.73. The highest BCUT2D eigenvalue weighted by molar-refractivity contribution is 6.17. The van der Waals surface area contributed by atoms with Crippen LogP contribution in [0, 0.1) is 0 Å². The quantitative estimate of drug-likeness (QED) is 0.753. The first kappa shape index (κ1) is 11.1. The second kappa shape index (κ2) is 4.61. The lowest BCUT2D eigenvalue weighted by atomic mass is 10.2. The fourth-order valence-corrected chi connectivity index (χ4v) is 1.71. The second-order valence-corrected chi connectivity index (χ2v) is 3.50. The number of hydrogen-bond acceptors (Lipinski definition) is 1. The summed E-state index contributed by atoms with van der Waals surface area (Å²) in [6.07, 6.45) is -1.21. The maximum Gasteiger partial charge on any atom is 0.280 e. The van der Waals surface area contributed by atoms with Gasteiger partial charge in [0.2, 0.25) is 0 Å². The monoisotopic (exact) mass is 242 g/mol. The van der Waals surface area contributed by atoms with Crippen molar-refractivity contribution >= 4 is 11.6 Å². The van der Waals surface area contributed by atoms with E-state index in [1.54, 1.807) is 24.3 Å². The molecule has 0 aliphatic rings. The minimum atomic E-state index is -2.59. The smallest absolute Gasteiger partial charge is 0.232 e. The van der Waals surface area contributed by atoms with Crippen LogP contribution >= 0.6 is 11.6 Å². The highest BCUT2D eigenvalue weighted by atomic mass is 35.5. The number of benzene rings is 1. The Morgan fingerprint density at radius 2 is 1.94 bits per heavy atom. The largest absolute Gasteiger partial charge is 0.280 e. The first-order valence-corrected chi connectivity index (χ1v) is 5.24. The average molecular weight is 243 g/mol. The molecule has 2 aromatic rings. The normalized spacial score (nSPS) is 11.0. The molecule has 0 fully saturated rings. The number of nitrogens with zero attached hydrogens (tertiary/aromatic N) is 2. The van der Waals surface area contributed by atoms with Gasteiger partial charge < -0.3 is 0 Å². The summed E-state index contributed by atoms with van der Waals surface area (Å²) in [5, 5.41) is 3.93. The Morgan fingerprint density at radius 1 is 1.25 bits per heavy atom. The molecule has 0 aliphatic heterocycles. The van der Waals surface area contributed by atoms with Gasteiger partial charge >= 0.3 is 0 Å². The lowest BCUT2D eigenvalue weighted by Crippen LogP contribution is -2.03. The Morgan fingerprint density at radius 3 is 2.50 bits per heavy atom. The van der Waals surface area contributed by atoms with Crippen molar-refractivity contribution in [3.63, 3.8) is 0 Å². The van der Waals surface area contributed by atoms with Crippen LogP contribution in [-0.2, 0) is 5.88 Å². The molecule has 0 bridgehead atoms. The molecule has 0 aliphatic carbocycles. The zero-order valence-corrected chi connectivity index (χ0v) is 9.03. The van der Waals surface area contributed by atoms with E-state index in [0.29, 0.717) is 11.3 Å². The zero-order valence-electron chi connectivity index (χ0n) is 8.28. The van der Waals surface area contributed by atoms with E-state index < -0.39 is 6.43 Å². The summed E-state index contributed by atoms with van der Waals surface area (Å²) >= 11 is 5.59. The number of para-hydroxylation sites is 1. The van der Waals surface area contributed by atoms with E-state index in [1.165, 1.54) is 10.9 Å². The third-order valence-corrected chi connectivity index (χ3v) is 2.53. The molecule has 16 heavy (non-hydrogen) atoms. The maximum absolute atomic E-state index is 12.9. The van der Waals surface area contributed by atoms with Crippen LogP contribution in [-0.4, -0.2) is 9.78 Å². The van der Waals surface area contributed by atoms with Crippen molar-refractivity contribution in [1.82, 2.24) is 9.78 Å². The minimum Gasteiger partial charge on any atom is -0.232 e. The van der Waals surface area contributed by atoms with Crippen LogP contribution in [0.15, 0.2) is 36.5 Å². The van der Waals surface area contributed by atoms with Crippen LogP contribution in [0.2, 0.25) is 0 Å². The van der Waals surface area contributed by atoms with E-state index >= 15 is 0 Å². The van der Waals surface area contributed by atoms with Gasteiger partial charge in [-0.15, -0.1) is 11.6 Å². The fourth-order valence-electron chi connectivity index (χ4n) is 1.50. The molecule has 0 N–H and O–H groups in total. The van der Waals surface area contributed by atoms with Crippen molar-refractivity contribution in [3.8, 4) is 5.69 Å². The summed E-state index contributed by atoms with van der Waals surface area (Å²) in [6, 6.07) is 8.80. The Balaban J connectivity index is 2.53. The van der Waals surface area contributed by atoms with E-state index in [1.807, 2.05) is 6.07 Å². The Bertz CT molecular complexity index is 468. The third kappa shape index (κ3) is 1.93. The third-order valence-electron chi connectivity index (χ3n) is 2.24. The van der Waals surface area contributed by atoms with Crippen molar-refractivity contribution in [2.75, 3.05) is 0 Å². The van der Waals surface area contributed by atoms with Gasteiger partial charge in [0, 0.05) is 5.56 Å². The van der Waals surface area contributed by atoms with Gasteiger partial charge in [-0.25, -0.2) is 13.5 Å². The highest BCUT2D eigenvalue weighted by Crippen LogP contribution is 2.26. The molecule has 5 heteroatoms. The number of hydrogen-bond donors (Lipinski definition) is 0. The molecule has 1 heterocycles. The van der Waals surface area contributed by atoms with E-state index in [9.17, 15) is 8.78 Å². The van der Waals surface area contributed by atoms with E-state index in [2.05, 4.69) is 5.10 Å². The van der Waals surface area contributed by atoms with Gasteiger partial charge in [-0.3, -0.25) is 0 Å². The molecule has 1 aromatic carbocycles. The van der Waals surface area contributed by atoms with Crippen molar-refractivity contribution < 1.29 is 8.78 Å². The molecular formula is C11H9ClF2N2. The molecule has 0 saturated heterocycles. The molecule has 0 atom stereocenters. The zero-order chi connectivity index (χ0) is 11.5. The minimum absolute atomic E-state index is 0.0342. The summed E-state index contributed by atoms with van der Waals surface area (Å²) in [4.78, 5) is 0. The summed E-state index contributed by atoms with van der Waals surface area (Å²) < 4.78 is 27.0. The molecule has 2 nitrogen and oxygen atoms in total. The van der Waals surface area contributed by atoms with Crippen LogP contribution < -0.4 is 0 Å². The molecule has 0 radical (unpaired) electrons. The SMILES string of the molecule is FC(F)c1c(CCl)cnn1-c1ccccc1. The molecule has 2 rings (SSSR count). The standard InChI is InChI=1S/C11H9ClF2N2/c12-6-8-7-15-16(10(8)11(13)14)9-4-2-1-3-5-9/h1-5,7,11H,6H2. The fraction of sp³-hybridized carbons (Fsp3) is 0.182. The van der Waals surface area contributed by atoms with Gasteiger partial charge in [0.1, 0.15) is 5.69 Å². The summed E-state index contributed by atoms with van der Waals surface area (Å²) in [5.74, 6) is 0.0342. The molecule has 0 saturated carbocycles. The predicted molar refractivity (Wildman–Crippen MR) is 58.1 cm³/mol. The Hall–Kier alpha value is -1.42. The van der Waals surface area contributed by atoms with Crippen LogP contribution in [0.1, 0.15) is 17.7 Å². The lowest BCUT2D eigenvalue weighted by molar-refractivity contribution is 0.142. The van der Waals surface area contributed by atoms with Gasteiger partial charge in [0.25, 0.3) is 6.43 Å². The highest BCUT2D eigenvalue weighted by Gasteiger charge is 2.20. The van der Waals surface area contributed by atoms with Gasteiger partial charge in [-0.1, -0.05) is 18.2 Å². The number of aromatic nitrogens is 2. The summed E-state index contributed by atoms with van der Waals surface area (Å²) in [7, 11) is 0. The molecular weight excluding hydrogens is 234 g/mol. The molecule has 1 aromatic heterocycles. The number of halogens is 3. The summed E-state index contributed by atoms with van der Waals surface area (Å²) in [6.45, 7) is 0. The van der Waals surface area contributed by atoms with Crippen molar-refractivity contribution in [2.45, 2.75) is 12.3 Å². The van der Waals surface area contributed by atoms with Crippen molar-refractivity contribution in [3.05, 3.63) is 47.8 Å². The molecule has 0 spiro atoms. The first-order chi connectivity index (χ1) is 7.74. The number of rotatable bonds is 3. The Kier molecular flexibility index (Phi) is 3.19. The topological polar surface area (TPSA) is 17.8 Å². The van der Waals surface area contributed by atoms with Gasteiger partial charge in [-0.05, 0) is 12.1 Å². The van der Waals surface area contributed by atoms with Crippen LogP contribution in [0.25, 0.3) is 5.69 Å². The van der Waals surface area contributed by atoms with E-state index in [4.69, 9.17) is 11.6 Å². The maximum atomic E-state index is 12.9. The second-order valence-electron chi connectivity index (χ2n) is 3.24. The molecule has 84 valence electrons. The summed E-state index contributed by atoms with van der Waals surface area (Å²) in [5.41, 5.74) is 0.830. The van der Waals surface area contributed by atoms with Gasteiger partial charge in [-0.2, -0.15) is 5.10 Å².